The summed E-state index contributed by atoms with van der Waals surface area (Å²) in [7, 11) is 1.97. The Morgan fingerprint density at radius 1 is 1.71 bits per heavy atom. The van der Waals surface area contributed by atoms with E-state index in [9.17, 15) is 0 Å². The molecular weight excluding hydrogens is 86.1 g/mol. The summed E-state index contributed by atoms with van der Waals surface area (Å²) in [6.07, 6.45) is 2.17. The van der Waals surface area contributed by atoms with Gasteiger partial charge in [0.1, 0.15) is 0 Å². The monoisotopic (exact) mass is 100 g/mol. The summed E-state index contributed by atoms with van der Waals surface area (Å²) < 4.78 is 0. The maximum Gasteiger partial charge on any atom is 0.00614 e. The van der Waals surface area contributed by atoms with Crippen molar-refractivity contribution in [3.8, 4) is 0 Å². The molecule has 0 aromatic rings. The van der Waals surface area contributed by atoms with Gasteiger partial charge in [-0.1, -0.05) is 13.8 Å². The van der Waals surface area contributed by atoms with Crippen molar-refractivity contribution in [1.29, 1.82) is 0 Å². The maximum atomic E-state index is 3.77. The second-order valence-corrected chi connectivity index (χ2v) is 1.68. The molecule has 0 saturated heterocycles. The van der Waals surface area contributed by atoms with Crippen molar-refractivity contribution in [3.63, 3.8) is 0 Å². The lowest BCUT2D eigenvalue weighted by atomic mass is 10.2. The van der Waals surface area contributed by atoms with Gasteiger partial charge in [0.15, 0.2) is 0 Å². The van der Waals surface area contributed by atoms with Crippen molar-refractivity contribution in [3.05, 3.63) is 6.92 Å². The van der Waals surface area contributed by atoms with Crippen molar-refractivity contribution in [2.45, 2.75) is 25.8 Å². The fourth-order valence-electron chi connectivity index (χ4n) is 0.553. The van der Waals surface area contributed by atoms with Crippen LogP contribution in [0.4, 0.5) is 0 Å². The average molecular weight is 100 g/mol. The van der Waals surface area contributed by atoms with Gasteiger partial charge in [-0.25, -0.2) is 0 Å². The van der Waals surface area contributed by atoms with E-state index in [0.717, 1.165) is 6.42 Å². The summed E-state index contributed by atoms with van der Waals surface area (Å²) >= 11 is 0. The van der Waals surface area contributed by atoms with E-state index in [1.807, 2.05) is 7.05 Å². The highest BCUT2D eigenvalue weighted by Gasteiger charge is 1.94. The van der Waals surface area contributed by atoms with E-state index in [4.69, 9.17) is 0 Å². The SMILES string of the molecule is [CH2]CC(CC)NC. The Labute approximate surface area is 46.1 Å². The lowest BCUT2D eigenvalue weighted by molar-refractivity contribution is 0.551. The van der Waals surface area contributed by atoms with Crippen molar-refractivity contribution in [2.75, 3.05) is 7.05 Å². The number of hydrogen-bond acceptors (Lipinski definition) is 1. The third kappa shape index (κ3) is 2.63. The zero-order chi connectivity index (χ0) is 5.70. The summed E-state index contributed by atoms with van der Waals surface area (Å²) in [4.78, 5) is 0. The highest BCUT2D eigenvalue weighted by molar-refractivity contribution is 4.61. The Bertz CT molecular complexity index is 25.7. The van der Waals surface area contributed by atoms with Crippen LogP contribution in [0.25, 0.3) is 0 Å². The lowest BCUT2D eigenvalue weighted by Crippen LogP contribution is -2.22. The normalized spacial score (nSPS) is 10.3. The van der Waals surface area contributed by atoms with E-state index >= 15 is 0 Å². The predicted octanol–water partition coefficient (Wildman–Crippen LogP) is 1.21. The summed E-state index contributed by atoms with van der Waals surface area (Å²) in [5.74, 6) is 0. The van der Waals surface area contributed by atoms with Crippen molar-refractivity contribution < 1.29 is 0 Å². The van der Waals surface area contributed by atoms with Crippen LogP contribution in [0.2, 0.25) is 0 Å². The minimum atomic E-state index is 0.625. The quantitative estimate of drug-likeness (QED) is 0.562. The number of nitrogens with one attached hydrogen (secondary N) is 1. The minimum absolute atomic E-state index is 0.625. The molecule has 0 bridgehead atoms. The van der Waals surface area contributed by atoms with Gasteiger partial charge in [-0.2, -0.15) is 0 Å². The Hall–Kier alpha value is -0.0400. The molecule has 1 radical (unpaired) electrons. The number of rotatable bonds is 3. The molecule has 0 rings (SSSR count). The molecule has 0 heterocycles. The van der Waals surface area contributed by atoms with Crippen LogP contribution in [0.5, 0.6) is 0 Å². The first-order valence-corrected chi connectivity index (χ1v) is 2.81. The van der Waals surface area contributed by atoms with Gasteiger partial charge in [-0.15, -0.1) is 0 Å². The van der Waals surface area contributed by atoms with Gasteiger partial charge >= 0.3 is 0 Å². The maximum absolute atomic E-state index is 3.77. The Kier molecular flexibility index (Phi) is 4.10. The first-order chi connectivity index (χ1) is 3.35. The molecule has 0 fully saturated rings. The van der Waals surface area contributed by atoms with Gasteiger partial charge in [0, 0.05) is 6.04 Å². The third-order valence-corrected chi connectivity index (χ3v) is 1.25. The van der Waals surface area contributed by atoms with Gasteiger partial charge in [-0.3, -0.25) is 0 Å². The molecule has 1 nitrogen and oxygen atoms in total. The van der Waals surface area contributed by atoms with Gasteiger partial charge in [0.2, 0.25) is 0 Å². The van der Waals surface area contributed by atoms with Crippen LogP contribution < -0.4 is 5.32 Å². The average Bonchev–Trinajstić information content (AvgIpc) is 1.72. The van der Waals surface area contributed by atoms with Crippen LogP contribution in [-0.4, -0.2) is 13.1 Å². The molecular formula is C6H14N. The fraction of sp³-hybridized carbons (Fsp3) is 0.833. The van der Waals surface area contributed by atoms with Gasteiger partial charge in [-0.05, 0) is 19.9 Å². The van der Waals surface area contributed by atoms with Gasteiger partial charge in [0.25, 0.3) is 0 Å². The van der Waals surface area contributed by atoms with Crippen LogP contribution in [0.1, 0.15) is 19.8 Å². The van der Waals surface area contributed by atoms with E-state index in [2.05, 4.69) is 19.2 Å². The second kappa shape index (κ2) is 4.13. The molecule has 1 heteroatoms. The zero-order valence-electron chi connectivity index (χ0n) is 5.20. The molecule has 7 heavy (non-hydrogen) atoms. The van der Waals surface area contributed by atoms with E-state index in [0.29, 0.717) is 6.04 Å². The third-order valence-electron chi connectivity index (χ3n) is 1.25. The highest BCUT2D eigenvalue weighted by atomic mass is 14.9. The first-order valence-electron chi connectivity index (χ1n) is 2.81. The zero-order valence-corrected chi connectivity index (χ0v) is 5.20. The van der Waals surface area contributed by atoms with Gasteiger partial charge in [0.05, 0.1) is 0 Å². The molecule has 1 unspecified atom stereocenters. The van der Waals surface area contributed by atoms with E-state index < -0.39 is 0 Å². The summed E-state index contributed by atoms with van der Waals surface area (Å²) in [5, 5.41) is 3.14. The molecule has 1 atom stereocenters. The molecule has 0 saturated carbocycles. The molecule has 0 aliphatic heterocycles. The van der Waals surface area contributed by atoms with Crippen LogP contribution in [-0.2, 0) is 0 Å². The molecule has 43 valence electrons. The minimum Gasteiger partial charge on any atom is -0.317 e. The van der Waals surface area contributed by atoms with Crippen LogP contribution in [0.3, 0.4) is 0 Å². The van der Waals surface area contributed by atoms with Gasteiger partial charge < -0.3 is 5.32 Å². The lowest BCUT2D eigenvalue weighted by Gasteiger charge is -2.08. The molecule has 0 aliphatic carbocycles. The standard InChI is InChI=1S/C6H14N/c1-4-6(5-2)7-3/h6-7H,1,4-5H2,2-3H3. The first kappa shape index (κ1) is 6.96. The molecule has 1 N–H and O–H groups in total. The van der Waals surface area contributed by atoms with Crippen molar-refractivity contribution in [1.82, 2.24) is 5.32 Å². The Morgan fingerprint density at radius 3 is 2.29 bits per heavy atom. The van der Waals surface area contributed by atoms with Crippen LogP contribution in [0, 0.1) is 6.92 Å². The van der Waals surface area contributed by atoms with Crippen molar-refractivity contribution >= 4 is 0 Å². The summed E-state index contributed by atoms with van der Waals surface area (Å²) in [6, 6.07) is 0.625. The molecule has 0 spiro atoms. The van der Waals surface area contributed by atoms with Crippen molar-refractivity contribution in [2.24, 2.45) is 0 Å². The second-order valence-electron chi connectivity index (χ2n) is 1.68. The summed E-state index contributed by atoms with van der Waals surface area (Å²) in [6.45, 7) is 5.92. The van der Waals surface area contributed by atoms with Crippen LogP contribution >= 0.6 is 0 Å². The molecule has 0 aromatic heterocycles. The smallest absolute Gasteiger partial charge is 0.00614 e. The molecule has 0 amide bonds. The van der Waals surface area contributed by atoms with E-state index in [1.54, 1.807) is 0 Å². The largest absolute Gasteiger partial charge is 0.317 e. The Balaban J connectivity index is 2.99. The molecule has 0 aromatic carbocycles. The topological polar surface area (TPSA) is 12.0 Å². The fourth-order valence-corrected chi connectivity index (χ4v) is 0.553. The number of hydrogen-bond donors (Lipinski definition) is 1. The molecule has 0 aliphatic rings. The van der Waals surface area contributed by atoms with E-state index in [1.165, 1.54) is 6.42 Å². The van der Waals surface area contributed by atoms with E-state index in [-0.39, 0.29) is 0 Å². The highest BCUT2D eigenvalue weighted by Crippen LogP contribution is 1.91. The Morgan fingerprint density at radius 2 is 2.29 bits per heavy atom. The summed E-state index contributed by atoms with van der Waals surface area (Å²) in [5.41, 5.74) is 0. The van der Waals surface area contributed by atoms with Crippen LogP contribution in [0.15, 0.2) is 0 Å². The predicted molar refractivity (Wildman–Crippen MR) is 33.1 cm³/mol.